The van der Waals surface area contributed by atoms with Crippen molar-refractivity contribution in [1.29, 1.82) is 0 Å². The molecule has 1 fully saturated rings. The molecule has 0 bridgehead atoms. The molecule has 0 saturated heterocycles. The van der Waals surface area contributed by atoms with E-state index >= 15 is 0 Å². The van der Waals surface area contributed by atoms with Gasteiger partial charge in [-0.1, -0.05) is 51.5 Å². The van der Waals surface area contributed by atoms with Crippen molar-refractivity contribution in [3.8, 4) is 0 Å². The van der Waals surface area contributed by atoms with E-state index in [4.69, 9.17) is 5.73 Å². The molecule has 1 heteroatoms. The van der Waals surface area contributed by atoms with Crippen LogP contribution in [0, 0.1) is 16.7 Å². The molecule has 84 valence electrons. The summed E-state index contributed by atoms with van der Waals surface area (Å²) in [6, 6.07) is 0.293. The first kappa shape index (κ1) is 10.9. The standard InChI is InChI=1S/C14H23N/c1-13(2)9-12(15)14(3,4)11-8-6-5-7-10(11)13/h5-6,8,10,12H,7,9,15H2,1-4H3. The Morgan fingerprint density at radius 2 is 1.93 bits per heavy atom. The van der Waals surface area contributed by atoms with Crippen molar-refractivity contribution in [2.45, 2.75) is 46.6 Å². The van der Waals surface area contributed by atoms with Crippen LogP contribution in [0.3, 0.4) is 0 Å². The van der Waals surface area contributed by atoms with E-state index in [0.717, 1.165) is 6.42 Å². The summed E-state index contributed by atoms with van der Waals surface area (Å²) in [5, 5.41) is 0. The highest BCUT2D eigenvalue weighted by atomic mass is 14.7. The van der Waals surface area contributed by atoms with Gasteiger partial charge >= 0.3 is 0 Å². The van der Waals surface area contributed by atoms with Crippen LogP contribution in [-0.4, -0.2) is 6.04 Å². The number of rotatable bonds is 0. The van der Waals surface area contributed by atoms with Gasteiger partial charge in [0.25, 0.3) is 0 Å². The Morgan fingerprint density at radius 1 is 1.27 bits per heavy atom. The fourth-order valence-electron chi connectivity index (χ4n) is 3.21. The summed E-state index contributed by atoms with van der Waals surface area (Å²) in [7, 11) is 0. The molecule has 0 aliphatic heterocycles. The highest BCUT2D eigenvalue weighted by Crippen LogP contribution is 2.53. The quantitative estimate of drug-likeness (QED) is 0.645. The van der Waals surface area contributed by atoms with E-state index in [0.29, 0.717) is 17.4 Å². The molecule has 0 heterocycles. The van der Waals surface area contributed by atoms with E-state index in [1.54, 1.807) is 5.57 Å². The fraction of sp³-hybridized carbons (Fsp3) is 0.714. The van der Waals surface area contributed by atoms with Crippen molar-refractivity contribution in [2.24, 2.45) is 22.5 Å². The Kier molecular flexibility index (Phi) is 2.34. The van der Waals surface area contributed by atoms with Crippen LogP contribution < -0.4 is 5.73 Å². The Hall–Kier alpha value is -0.560. The molecule has 2 rings (SSSR count). The summed E-state index contributed by atoms with van der Waals surface area (Å²) in [6.45, 7) is 9.31. The Balaban J connectivity index is 2.44. The minimum Gasteiger partial charge on any atom is -0.327 e. The molecule has 0 aromatic rings. The second-order valence-electron chi connectivity index (χ2n) is 6.36. The first-order chi connectivity index (χ1) is 6.86. The van der Waals surface area contributed by atoms with Crippen LogP contribution in [-0.2, 0) is 0 Å². The van der Waals surface area contributed by atoms with E-state index in [1.807, 2.05) is 0 Å². The van der Waals surface area contributed by atoms with Gasteiger partial charge in [0.05, 0.1) is 0 Å². The van der Waals surface area contributed by atoms with Crippen molar-refractivity contribution >= 4 is 0 Å². The first-order valence-electron chi connectivity index (χ1n) is 5.98. The molecule has 2 N–H and O–H groups in total. The molecule has 2 aliphatic carbocycles. The number of hydrogen-bond donors (Lipinski definition) is 1. The van der Waals surface area contributed by atoms with Crippen LogP contribution in [0.15, 0.2) is 23.8 Å². The lowest BCUT2D eigenvalue weighted by atomic mass is 9.54. The largest absolute Gasteiger partial charge is 0.327 e. The highest BCUT2D eigenvalue weighted by Gasteiger charge is 2.47. The van der Waals surface area contributed by atoms with Gasteiger partial charge in [0.15, 0.2) is 0 Å². The van der Waals surface area contributed by atoms with Crippen LogP contribution in [0.2, 0.25) is 0 Å². The highest BCUT2D eigenvalue weighted by molar-refractivity contribution is 5.32. The van der Waals surface area contributed by atoms with Crippen molar-refractivity contribution in [2.75, 3.05) is 0 Å². The molecular weight excluding hydrogens is 182 g/mol. The van der Waals surface area contributed by atoms with Gasteiger partial charge in [0, 0.05) is 11.5 Å². The minimum atomic E-state index is 0.172. The Morgan fingerprint density at radius 3 is 2.60 bits per heavy atom. The van der Waals surface area contributed by atoms with Crippen LogP contribution in [0.25, 0.3) is 0 Å². The van der Waals surface area contributed by atoms with Gasteiger partial charge in [-0.3, -0.25) is 0 Å². The predicted molar refractivity (Wildman–Crippen MR) is 65.5 cm³/mol. The smallest absolute Gasteiger partial charge is 0.0133 e. The number of hydrogen-bond acceptors (Lipinski definition) is 1. The molecule has 2 atom stereocenters. The van der Waals surface area contributed by atoms with Gasteiger partial charge in [0.2, 0.25) is 0 Å². The maximum Gasteiger partial charge on any atom is 0.0133 e. The van der Waals surface area contributed by atoms with Gasteiger partial charge in [-0.25, -0.2) is 0 Å². The molecule has 1 nitrogen and oxygen atoms in total. The van der Waals surface area contributed by atoms with E-state index in [-0.39, 0.29) is 5.41 Å². The van der Waals surface area contributed by atoms with Gasteiger partial charge in [-0.05, 0) is 24.2 Å². The van der Waals surface area contributed by atoms with Crippen LogP contribution in [0.1, 0.15) is 40.5 Å². The van der Waals surface area contributed by atoms with Crippen molar-refractivity contribution in [1.82, 2.24) is 0 Å². The minimum absolute atomic E-state index is 0.172. The molecular formula is C14H23N. The van der Waals surface area contributed by atoms with Gasteiger partial charge in [-0.15, -0.1) is 0 Å². The molecule has 0 radical (unpaired) electrons. The van der Waals surface area contributed by atoms with Gasteiger partial charge in [0.1, 0.15) is 0 Å². The predicted octanol–water partition coefficient (Wildman–Crippen LogP) is 3.27. The lowest BCUT2D eigenvalue weighted by molar-refractivity contribution is 0.101. The van der Waals surface area contributed by atoms with Crippen LogP contribution in [0.4, 0.5) is 0 Å². The average Bonchev–Trinajstić information content (AvgIpc) is 2.15. The zero-order valence-electron chi connectivity index (χ0n) is 10.4. The third kappa shape index (κ3) is 1.57. The zero-order valence-corrected chi connectivity index (χ0v) is 10.4. The third-order valence-corrected chi connectivity index (χ3v) is 4.52. The molecule has 0 amide bonds. The molecule has 2 unspecified atom stereocenters. The second-order valence-corrected chi connectivity index (χ2v) is 6.36. The van der Waals surface area contributed by atoms with Crippen molar-refractivity contribution < 1.29 is 0 Å². The number of allylic oxidation sites excluding steroid dienone is 3. The second kappa shape index (κ2) is 3.21. The first-order valence-corrected chi connectivity index (χ1v) is 5.98. The summed E-state index contributed by atoms with van der Waals surface area (Å²) in [4.78, 5) is 0. The lowest BCUT2D eigenvalue weighted by Crippen LogP contribution is -2.51. The summed E-state index contributed by atoms with van der Waals surface area (Å²) in [6.07, 6.45) is 9.12. The van der Waals surface area contributed by atoms with E-state index < -0.39 is 0 Å². The molecule has 2 aliphatic rings. The van der Waals surface area contributed by atoms with Crippen LogP contribution in [0.5, 0.6) is 0 Å². The normalized spacial score (nSPS) is 37.0. The Labute approximate surface area is 93.4 Å². The van der Waals surface area contributed by atoms with E-state index in [9.17, 15) is 0 Å². The topological polar surface area (TPSA) is 26.0 Å². The number of fused-ring (bicyclic) bond motifs is 1. The molecule has 1 saturated carbocycles. The van der Waals surface area contributed by atoms with Crippen molar-refractivity contribution in [3.63, 3.8) is 0 Å². The summed E-state index contributed by atoms with van der Waals surface area (Å²) in [5.41, 5.74) is 8.42. The summed E-state index contributed by atoms with van der Waals surface area (Å²) >= 11 is 0. The SMILES string of the molecule is CC1(C)CC(N)C(C)(C)C2=CC=CCC21. The third-order valence-electron chi connectivity index (χ3n) is 4.52. The molecule has 15 heavy (non-hydrogen) atoms. The molecule has 0 spiro atoms. The lowest BCUT2D eigenvalue weighted by Gasteiger charge is -2.52. The maximum absolute atomic E-state index is 6.33. The summed E-state index contributed by atoms with van der Waals surface area (Å²) < 4.78 is 0. The zero-order chi connectivity index (χ0) is 11.3. The van der Waals surface area contributed by atoms with Crippen molar-refractivity contribution in [3.05, 3.63) is 23.8 Å². The monoisotopic (exact) mass is 205 g/mol. The average molecular weight is 205 g/mol. The Bertz CT molecular complexity index is 320. The summed E-state index contributed by atoms with van der Waals surface area (Å²) in [5.74, 6) is 0.692. The van der Waals surface area contributed by atoms with Gasteiger partial charge < -0.3 is 5.73 Å². The molecule has 0 aromatic heterocycles. The fourth-order valence-corrected chi connectivity index (χ4v) is 3.21. The maximum atomic E-state index is 6.33. The van der Waals surface area contributed by atoms with Gasteiger partial charge in [-0.2, -0.15) is 0 Å². The van der Waals surface area contributed by atoms with E-state index in [2.05, 4.69) is 45.9 Å². The van der Waals surface area contributed by atoms with E-state index in [1.165, 1.54) is 6.42 Å². The van der Waals surface area contributed by atoms with Crippen LogP contribution >= 0.6 is 0 Å². The molecule has 0 aromatic carbocycles. The number of nitrogens with two attached hydrogens (primary N) is 1.